The lowest BCUT2D eigenvalue weighted by Gasteiger charge is -2.21. The van der Waals surface area contributed by atoms with Gasteiger partial charge in [0, 0.05) is 97.6 Å². The van der Waals surface area contributed by atoms with Crippen molar-refractivity contribution in [2.45, 2.75) is 184 Å². The summed E-state index contributed by atoms with van der Waals surface area (Å²) in [7, 11) is 0. The van der Waals surface area contributed by atoms with E-state index in [1.165, 1.54) is 225 Å². The molecule has 426 valence electrons. The van der Waals surface area contributed by atoms with Crippen LogP contribution in [-0.2, 0) is 17.6 Å². The molecule has 0 radical (unpaired) electrons. The highest BCUT2D eigenvalue weighted by atomic mass is 32.2. The van der Waals surface area contributed by atoms with Crippen molar-refractivity contribution < 1.29 is 4.74 Å². The van der Waals surface area contributed by atoms with Gasteiger partial charge in [-0.2, -0.15) is 0 Å². The predicted octanol–water partition coefficient (Wildman–Crippen LogP) is 24.8. The van der Waals surface area contributed by atoms with Crippen molar-refractivity contribution in [2.75, 3.05) is 36.2 Å². The summed E-state index contributed by atoms with van der Waals surface area (Å²) in [4.78, 5) is 6.01. The zero-order valence-corrected chi connectivity index (χ0v) is 55.8. The number of hydrogen-bond donors (Lipinski definition) is 0. The van der Waals surface area contributed by atoms with E-state index in [1.807, 2.05) is 45.3 Å². The highest BCUT2D eigenvalue weighted by molar-refractivity contribution is 8.23. The normalized spacial score (nSPS) is 15.4. The minimum atomic E-state index is 0.791. The molecule has 6 aromatic rings. The molecule has 4 atom stereocenters. The molecule has 11 rings (SSSR count). The molecule has 1 aliphatic heterocycles. The van der Waals surface area contributed by atoms with Gasteiger partial charge in [-0.1, -0.05) is 132 Å². The van der Waals surface area contributed by atoms with Crippen molar-refractivity contribution in [1.29, 1.82) is 0 Å². The summed E-state index contributed by atoms with van der Waals surface area (Å²) >= 11 is 16.5. The first kappa shape index (κ1) is 61.6. The van der Waals surface area contributed by atoms with Crippen LogP contribution in [0.4, 0.5) is 0 Å². The molecule has 5 aliphatic rings. The maximum atomic E-state index is 4.94. The maximum Gasteiger partial charge on any atom is 0.0486 e. The summed E-state index contributed by atoms with van der Waals surface area (Å²) in [6.45, 7) is 21.1. The van der Waals surface area contributed by atoms with Crippen LogP contribution in [0.1, 0.15) is 215 Å². The standard InChI is InChI=1S/C50H74S6.C16H10S2.C4H8O/c1-9-17-21-35(13-5)31-53-49(54-32-36(14-6)22-18-10-2)45-39-25-27-51-47(39)43-30-42-44(29-41(43)45)48-40(26-28-52-48)46(42)50(55-33-37(15-7)23-19-11-3)56-34-38(16-8)24-20-12-4;1-3-17-15-9(1)5-11-7-14-12(8-13(11)15)6-10-2-4-18-16(10)14;1-2-4-5-3-1/h25-30,35-38H,9-24,31-34H2,1-8H3;1-4,7-8H,5-6H2;1-4H2. The third-order valence-corrected chi connectivity index (χ3v) is 27.0. The lowest BCUT2D eigenvalue weighted by molar-refractivity contribution is 0.198. The summed E-state index contributed by atoms with van der Waals surface area (Å²) in [6.07, 6.45) is 26.0. The zero-order valence-electron chi connectivity index (χ0n) is 49.3. The van der Waals surface area contributed by atoms with Gasteiger partial charge >= 0.3 is 0 Å². The lowest BCUT2D eigenvalue weighted by Crippen LogP contribution is -2.05. The van der Waals surface area contributed by atoms with Crippen LogP contribution >= 0.6 is 92.4 Å². The smallest absolute Gasteiger partial charge is 0.0486 e. The quantitative estimate of drug-likeness (QED) is 0.0482. The van der Waals surface area contributed by atoms with Gasteiger partial charge < -0.3 is 4.74 Å². The van der Waals surface area contributed by atoms with Gasteiger partial charge in [0.25, 0.3) is 0 Å². The third kappa shape index (κ3) is 15.0. The molecule has 5 heterocycles. The molecular weight excluding hydrogens is 1110 g/mol. The summed E-state index contributed by atoms with van der Waals surface area (Å²) in [5.74, 6) is 8.12. The van der Waals surface area contributed by atoms with E-state index >= 15 is 0 Å². The Balaban J connectivity index is 0.000000264. The first-order chi connectivity index (χ1) is 38.9. The second-order valence-electron chi connectivity index (χ2n) is 22.9. The van der Waals surface area contributed by atoms with Crippen LogP contribution in [0.15, 0.2) is 78.5 Å². The van der Waals surface area contributed by atoms with E-state index in [0.29, 0.717) is 0 Å². The molecule has 4 unspecified atom stereocenters. The van der Waals surface area contributed by atoms with E-state index < -0.39 is 0 Å². The number of unbranched alkanes of at least 4 members (excludes halogenated alkanes) is 4. The molecule has 4 aliphatic carbocycles. The molecule has 1 nitrogen and oxygen atoms in total. The molecule has 2 aromatic carbocycles. The Labute approximate surface area is 512 Å². The van der Waals surface area contributed by atoms with Gasteiger partial charge in [0.05, 0.1) is 0 Å². The summed E-state index contributed by atoms with van der Waals surface area (Å²) < 4.78 is 8.13. The molecule has 1 fully saturated rings. The predicted molar refractivity (Wildman–Crippen MR) is 367 cm³/mol. The minimum Gasteiger partial charge on any atom is -0.381 e. The molecule has 0 saturated carbocycles. The number of ether oxygens (including phenoxy) is 1. The SMILES string of the molecule is C1CCOC1.CCCCC(CC)CSC(SCC(CC)CCCC)=C1c2cc3c(cc2-c2sccc21)C(=C(SCC(CC)CCCC)SCC(CC)CCCC)c1ccsc1-3.c1cc2c(s1)-c1cc3c(cc1C2)-c1sccc1C3. The number of hydrogen-bond acceptors (Lipinski definition) is 9. The fraction of sp³-hybridized carbons (Fsp3) is 0.543. The fourth-order valence-electron chi connectivity index (χ4n) is 12.0. The van der Waals surface area contributed by atoms with Gasteiger partial charge in [-0.15, -0.1) is 92.4 Å². The molecule has 0 amide bonds. The number of fused-ring (bicyclic) bond motifs is 12. The minimum absolute atomic E-state index is 0.791. The summed E-state index contributed by atoms with van der Waals surface area (Å²) in [6, 6.07) is 19.7. The van der Waals surface area contributed by atoms with Crippen LogP contribution in [0.25, 0.3) is 52.9 Å². The van der Waals surface area contributed by atoms with Crippen molar-refractivity contribution in [3.05, 3.63) is 123 Å². The first-order valence-electron chi connectivity index (χ1n) is 31.1. The van der Waals surface area contributed by atoms with E-state index in [-0.39, 0.29) is 0 Å². The van der Waals surface area contributed by atoms with E-state index in [9.17, 15) is 0 Å². The highest BCUT2D eigenvalue weighted by Crippen LogP contribution is 2.59. The Bertz CT molecular complexity index is 2690. The van der Waals surface area contributed by atoms with Crippen molar-refractivity contribution in [2.24, 2.45) is 23.7 Å². The zero-order chi connectivity index (χ0) is 55.1. The van der Waals surface area contributed by atoms with Crippen molar-refractivity contribution >= 4 is 104 Å². The lowest BCUT2D eigenvalue weighted by atomic mass is 9.98. The summed E-state index contributed by atoms with van der Waals surface area (Å²) in [5, 5.41) is 9.18. The molecule has 0 bridgehead atoms. The van der Waals surface area contributed by atoms with Crippen molar-refractivity contribution in [3.8, 4) is 41.8 Å². The highest BCUT2D eigenvalue weighted by Gasteiger charge is 2.36. The van der Waals surface area contributed by atoms with Gasteiger partial charge in [0.2, 0.25) is 0 Å². The van der Waals surface area contributed by atoms with Gasteiger partial charge in [-0.3, -0.25) is 0 Å². The van der Waals surface area contributed by atoms with Crippen LogP contribution in [-0.4, -0.2) is 36.2 Å². The van der Waals surface area contributed by atoms with Crippen molar-refractivity contribution in [3.63, 3.8) is 0 Å². The van der Waals surface area contributed by atoms with Crippen molar-refractivity contribution in [1.82, 2.24) is 0 Å². The van der Waals surface area contributed by atoms with Gasteiger partial charge in [-0.25, -0.2) is 0 Å². The number of rotatable bonds is 28. The number of thioether (sulfide) groups is 4. The average molecular weight is 1210 g/mol. The Kier molecular flexibility index (Phi) is 24.4. The van der Waals surface area contributed by atoms with Gasteiger partial charge in [0.1, 0.15) is 0 Å². The molecule has 4 aromatic heterocycles. The fourth-order valence-corrected chi connectivity index (χ4v) is 22.0. The monoisotopic (exact) mass is 1200 g/mol. The van der Waals surface area contributed by atoms with Gasteiger partial charge in [-0.05, 0) is 190 Å². The van der Waals surface area contributed by atoms with Crippen LogP contribution in [0, 0.1) is 23.7 Å². The molecule has 79 heavy (non-hydrogen) atoms. The average Bonchev–Trinajstić information content (AvgIpc) is 4.21. The molecule has 1 saturated heterocycles. The van der Waals surface area contributed by atoms with Crippen LogP contribution < -0.4 is 0 Å². The molecular formula is C70H92OS8. The van der Waals surface area contributed by atoms with Crippen LogP contribution in [0.3, 0.4) is 0 Å². The molecule has 0 spiro atoms. The van der Waals surface area contributed by atoms with Gasteiger partial charge in [0.15, 0.2) is 0 Å². The number of benzene rings is 2. The topological polar surface area (TPSA) is 9.23 Å². The van der Waals surface area contributed by atoms with E-state index in [0.717, 1.165) is 49.7 Å². The third-order valence-electron chi connectivity index (χ3n) is 17.3. The molecule has 0 N–H and O–H groups in total. The Morgan fingerprint density at radius 1 is 0.392 bits per heavy atom. The largest absolute Gasteiger partial charge is 0.381 e. The Morgan fingerprint density at radius 2 is 0.734 bits per heavy atom. The van der Waals surface area contributed by atoms with Crippen LogP contribution in [0.2, 0.25) is 0 Å². The first-order valence-corrected chi connectivity index (χ1v) is 38.5. The second kappa shape index (κ2) is 31.3. The van der Waals surface area contributed by atoms with Crippen LogP contribution in [0.5, 0.6) is 0 Å². The van der Waals surface area contributed by atoms with E-state index in [4.69, 9.17) is 4.74 Å². The second-order valence-corrected chi connectivity index (χ2v) is 31.2. The Hall–Kier alpha value is -1.92. The number of thiophene rings is 4. The van der Waals surface area contributed by atoms with E-state index in [2.05, 4.69) is 172 Å². The Morgan fingerprint density at radius 3 is 1.05 bits per heavy atom. The maximum absolute atomic E-state index is 4.94. The van der Waals surface area contributed by atoms with E-state index in [1.54, 1.807) is 19.6 Å². The molecule has 9 heteroatoms. The summed E-state index contributed by atoms with van der Waals surface area (Å²) in [5.41, 5.74) is 21.2.